The minimum absolute atomic E-state index is 0.0371. The van der Waals surface area contributed by atoms with E-state index in [1.54, 1.807) is 16.2 Å². The summed E-state index contributed by atoms with van der Waals surface area (Å²) in [4.78, 5) is 42.0. The average Bonchev–Trinajstić information content (AvgIpc) is 3.64. The zero-order valence-corrected chi connectivity index (χ0v) is 19.4. The van der Waals surface area contributed by atoms with Crippen LogP contribution < -0.4 is 5.69 Å². The van der Waals surface area contributed by atoms with Crippen molar-refractivity contribution in [3.05, 3.63) is 33.7 Å². The topological polar surface area (TPSA) is 67.6 Å². The Labute approximate surface area is 192 Å². The molecule has 3 aliphatic rings. The van der Waals surface area contributed by atoms with E-state index in [1.165, 1.54) is 0 Å². The molecule has 8 heteroatoms. The molecule has 2 aliphatic carbocycles. The van der Waals surface area contributed by atoms with Gasteiger partial charge in [0.15, 0.2) is 0 Å². The Balaban J connectivity index is 1.17. The van der Waals surface area contributed by atoms with Gasteiger partial charge in [-0.05, 0) is 56.6 Å². The van der Waals surface area contributed by atoms with Gasteiger partial charge in [0.05, 0.1) is 16.1 Å². The second-order valence-electron chi connectivity index (χ2n) is 9.70. The summed E-state index contributed by atoms with van der Waals surface area (Å²) in [7, 11) is 1.78. The van der Waals surface area contributed by atoms with Crippen LogP contribution in [0, 0.1) is 17.8 Å². The number of carbonyl (C=O) groups is 2. The Kier molecular flexibility index (Phi) is 5.78. The zero-order valence-electron chi connectivity index (χ0n) is 18.6. The molecular formula is C24H31ClN4O3. The van der Waals surface area contributed by atoms with Gasteiger partial charge in [-0.1, -0.05) is 17.7 Å². The molecule has 0 N–H and O–H groups in total. The van der Waals surface area contributed by atoms with Crippen LogP contribution in [0.4, 0.5) is 0 Å². The number of aromatic nitrogens is 2. The Morgan fingerprint density at radius 2 is 1.44 bits per heavy atom. The van der Waals surface area contributed by atoms with Gasteiger partial charge in [0.1, 0.15) is 0 Å². The van der Waals surface area contributed by atoms with Gasteiger partial charge in [-0.3, -0.25) is 18.7 Å². The standard InChI is InChI=1S/C24H31ClN4O3/c1-26-20-4-2-3-19(25)21(20)29(24(26)32)15-16-5-7-17(8-6-16)22(30)27-11-13-28(14-12-27)23(31)18-9-10-18/h2-4,16-18H,5-15H2,1H3/t16-,17-. The van der Waals surface area contributed by atoms with E-state index in [1.807, 2.05) is 28.0 Å². The predicted octanol–water partition coefficient (Wildman–Crippen LogP) is 2.88. The summed E-state index contributed by atoms with van der Waals surface area (Å²) in [5.74, 6) is 1.20. The van der Waals surface area contributed by atoms with E-state index in [2.05, 4.69) is 0 Å². The number of rotatable bonds is 4. The molecule has 2 saturated carbocycles. The number of benzene rings is 1. The molecule has 0 radical (unpaired) electrons. The summed E-state index contributed by atoms with van der Waals surface area (Å²) in [6, 6.07) is 5.62. The zero-order chi connectivity index (χ0) is 22.4. The van der Waals surface area contributed by atoms with Crippen LogP contribution in [0.1, 0.15) is 38.5 Å². The lowest BCUT2D eigenvalue weighted by atomic mass is 9.81. The summed E-state index contributed by atoms with van der Waals surface area (Å²) < 4.78 is 3.46. The Morgan fingerprint density at radius 1 is 0.906 bits per heavy atom. The fraction of sp³-hybridized carbons (Fsp3) is 0.625. The van der Waals surface area contributed by atoms with Crippen molar-refractivity contribution in [2.24, 2.45) is 24.8 Å². The van der Waals surface area contributed by atoms with E-state index >= 15 is 0 Å². The van der Waals surface area contributed by atoms with Gasteiger partial charge < -0.3 is 9.80 Å². The third kappa shape index (κ3) is 3.96. The van der Waals surface area contributed by atoms with Crippen molar-refractivity contribution < 1.29 is 9.59 Å². The van der Waals surface area contributed by atoms with E-state index < -0.39 is 0 Å². The van der Waals surface area contributed by atoms with Crippen molar-refractivity contribution in [1.82, 2.24) is 18.9 Å². The minimum Gasteiger partial charge on any atom is -0.339 e. The Bertz CT molecular complexity index is 1090. The third-order valence-corrected chi connectivity index (χ3v) is 7.89. The number of aryl methyl sites for hydroxylation is 1. The maximum Gasteiger partial charge on any atom is 0.328 e. The fourth-order valence-corrected chi connectivity index (χ4v) is 5.71. The number of carbonyl (C=O) groups excluding carboxylic acids is 2. The monoisotopic (exact) mass is 458 g/mol. The molecule has 1 aromatic carbocycles. The second kappa shape index (κ2) is 8.58. The molecule has 0 unspecified atom stereocenters. The Hall–Kier alpha value is -2.28. The van der Waals surface area contributed by atoms with Gasteiger partial charge in [0, 0.05) is 51.6 Å². The van der Waals surface area contributed by atoms with Crippen LogP contribution in [0.25, 0.3) is 11.0 Å². The van der Waals surface area contributed by atoms with Gasteiger partial charge in [0.25, 0.3) is 0 Å². The summed E-state index contributed by atoms with van der Waals surface area (Å²) in [5, 5.41) is 0.600. The van der Waals surface area contributed by atoms with Crippen molar-refractivity contribution in [2.75, 3.05) is 26.2 Å². The van der Waals surface area contributed by atoms with Gasteiger partial charge in [-0.2, -0.15) is 0 Å². The number of hydrogen-bond donors (Lipinski definition) is 0. The van der Waals surface area contributed by atoms with Crippen LogP contribution in [0.3, 0.4) is 0 Å². The van der Waals surface area contributed by atoms with Crippen molar-refractivity contribution in [2.45, 2.75) is 45.1 Å². The number of nitrogens with zero attached hydrogens (tertiary/aromatic N) is 4. The number of para-hydroxylation sites is 1. The molecule has 32 heavy (non-hydrogen) atoms. The van der Waals surface area contributed by atoms with E-state index in [0.29, 0.717) is 43.7 Å². The van der Waals surface area contributed by atoms with Crippen molar-refractivity contribution in [3.63, 3.8) is 0 Å². The highest BCUT2D eigenvalue weighted by Gasteiger charge is 2.36. The van der Waals surface area contributed by atoms with Crippen molar-refractivity contribution in [1.29, 1.82) is 0 Å². The quantitative estimate of drug-likeness (QED) is 0.707. The van der Waals surface area contributed by atoms with E-state index in [4.69, 9.17) is 11.6 Å². The number of imidazole rings is 1. The van der Waals surface area contributed by atoms with Crippen LogP contribution in [0.5, 0.6) is 0 Å². The first-order valence-corrected chi connectivity index (χ1v) is 12.2. The number of halogens is 1. The molecule has 5 rings (SSSR count). The second-order valence-corrected chi connectivity index (χ2v) is 10.1. The first kappa shape index (κ1) is 21.6. The summed E-state index contributed by atoms with van der Waals surface area (Å²) in [6.07, 6.45) is 5.64. The first-order valence-electron chi connectivity index (χ1n) is 11.9. The van der Waals surface area contributed by atoms with Crippen molar-refractivity contribution in [3.8, 4) is 0 Å². The van der Waals surface area contributed by atoms with E-state index in [-0.39, 0.29) is 29.3 Å². The van der Waals surface area contributed by atoms with E-state index in [9.17, 15) is 14.4 Å². The molecule has 3 fully saturated rings. The fourth-order valence-electron chi connectivity index (χ4n) is 5.44. The van der Waals surface area contributed by atoms with Crippen LogP contribution in [-0.4, -0.2) is 56.9 Å². The molecule has 0 bridgehead atoms. The van der Waals surface area contributed by atoms with Gasteiger partial charge in [-0.15, -0.1) is 0 Å². The number of amides is 2. The maximum atomic E-state index is 13.1. The van der Waals surface area contributed by atoms with Gasteiger partial charge in [0.2, 0.25) is 11.8 Å². The van der Waals surface area contributed by atoms with E-state index in [0.717, 1.165) is 49.6 Å². The highest BCUT2D eigenvalue weighted by atomic mass is 35.5. The summed E-state index contributed by atoms with van der Waals surface area (Å²) >= 11 is 6.42. The van der Waals surface area contributed by atoms with Gasteiger partial charge >= 0.3 is 5.69 Å². The lowest BCUT2D eigenvalue weighted by Crippen LogP contribution is -2.52. The van der Waals surface area contributed by atoms with Crippen LogP contribution in [0.15, 0.2) is 23.0 Å². The number of fused-ring (bicyclic) bond motifs is 1. The highest BCUT2D eigenvalue weighted by molar-refractivity contribution is 6.35. The molecule has 2 aromatic rings. The summed E-state index contributed by atoms with van der Waals surface area (Å²) in [6.45, 7) is 3.29. The lowest BCUT2D eigenvalue weighted by Gasteiger charge is -2.38. The maximum absolute atomic E-state index is 13.1. The molecule has 7 nitrogen and oxygen atoms in total. The van der Waals surface area contributed by atoms with Gasteiger partial charge in [-0.25, -0.2) is 4.79 Å². The molecule has 0 spiro atoms. The highest BCUT2D eigenvalue weighted by Crippen LogP contribution is 2.34. The molecule has 2 heterocycles. The smallest absolute Gasteiger partial charge is 0.328 e. The molecular weight excluding hydrogens is 428 g/mol. The molecule has 1 aliphatic heterocycles. The van der Waals surface area contributed by atoms with Crippen molar-refractivity contribution >= 4 is 34.4 Å². The largest absolute Gasteiger partial charge is 0.339 e. The molecule has 1 saturated heterocycles. The third-order valence-electron chi connectivity index (χ3n) is 7.58. The Morgan fingerprint density at radius 3 is 1.97 bits per heavy atom. The minimum atomic E-state index is -0.0371. The summed E-state index contributed by atoms with van der Waals surface area (Å²) in [5.41, 5.74) is 1.62. The molecule has 172 valence electrons. The SMILES string of the molecule is Cn1c(=O)n(C[C@H]2CC[C@H](C(=O)N3CCN(C(=O)C4CC4)CC3)CC2)c2c(Cl)cccc21. The molecule has 2 amide bonds. The first-order chi connectivity index (χ1) is 15.4. The number of piperazine rings is 1. The average molecular weight is 459 g/mol. The molecule has 1 aromatic heterocycles. The van der Waals surface area contributed by atoms with Crippen LogP contribution >= 0.6 is 11.6 Å². The normalized spacial score (nSPS) is 24.2. The lowest BCUT2D eigenvalue weighted by molar-refractivity contribution is -0.143. The van der Waals surface area contributed by atoms with Crippen LogP contribution in [0.2, 0.25) is 5.02 Å². The molecule has 0 atom stereocenters. The van der Waals surface area contributed by atoms with Crippen LogP contribution in [-0.2, 0) is 23.2 Å². The predicted molar refractivity (Wildman–Crippen MR) is 124 cm³/mol. The number of hydrogen-bond acceptors (Lipinski definition) is 3.